The van der Waals surface area contributed by atoms with Crippen molar-refractivity contribution in [1.29, 1.82) is 0 Å². The van der Waals surface area contributed by atoms with Crippen molar-refractivity contribution < 1.29 is 14.7 Å². The van der Waals surface area contributed by atoms with Crippen LogP contribution in [0.5, 0.6) is 0 Å². The van der Waals surface area contributed by atoms with E-state index in [0.717, 1.165) is 0 Å². The third kappa shape index (κ3) is 5.06. The van der Waals surface area contributed by atoms with E-state index in [1.54, 1.807) is 25.1 Å². The number of carboxylic acid groups (broad SMARTS) is 1. The minimum Gasteiger partial charge on any atom is -0.480 e. The number of rotatable bonds is 6. The first-order valence-electron chi connectivity index (χ1n) is 6.52. The lowest BCUT2D eigenvalue weighted by Crippen LogP contribution is -2.44. The summed E-state index contributed by atoms with van der Waals surface area (Å²) in [5, 5.41) is 12.4. The molecule has 0 bridgehead atoms. The number of carbonyl (C=O) groups excluding carboxylic acids is 1. The van der Waals surface area contributed by atoms with E-state index in [4.69, 9.17) is 28.3 Å². The van der Waals surface area contributed by atoms with Crippen LogP contribution in [-0.4, -0.2) is 23.0 Å². The lowest BCUT2D eigenvalue weighted by atomic mass is 9.99. The molecule has 0 saturated carbocycles. The number of aliphatic carboxylic acids is 1. The van der Waals surface area contributed by atoms with Crippen molar-refractivity contribution >= 4 is 41.2 Å². The van der Waals surface area contributed by atoms with Crippen molar-refractivity contribution in [1.82, 2.24) is 5.32 Å². The van der Waals surface area contributed by atoms with Gasteiger partial charge in [0.1, 0.15) is 6.04 Å². The number of carbonyl (C=O) groups is 2. The SMILES string of the molecule is CC[C@H](C)[C@H](NC(=O)/C=C/c1c(Cl)cccc1Cl)C(=O)O. The maximum Gasteiger partial charge on any atom is 0.326 e. The van der Waals surface area contributed by atoms with E-state index in [1.165, 1.54) is 12.2 Å². The highest BCUT2D eigenvalue weighted by molar-refractivity contribution is 6.37. The van der Waals surface area contributed by atoms with E-state index >= 15 is 0 Å². The second-order valence-electron chi connectivity index (χ2n) is 4.68. The van der Waals surface area contributed by atoms with Gasteiger partial charge in [0.25, 0.3) is 0 Å². The van der Waals surface area contributed by atoms with Gasteiger partial charge in [0, 0.05) is 21.7 Å². The van der Waals surface area contributed by atoms with Gasteiger partial charge in [-0.1, -0.05) is 49.5 Å². The molecule has 0 fully saturated rings. The highest BCUT2D eigenvalue weighted by atomic mass is 35.5. The molecule has 0 aliphatic carbocycles. The molecule has 6 heteroatoms. The van der Waals surface area contributed by atoms with Gasteiger partial charge in [-0.2, -0.15) is 0 Å². The molecule has 1 aromatic carbocycles. The minimum atomic E-state index is -1.05. The summed E-state index contributed by atoms with van der Waals surface area (Å²) in [6.07, 6.45) is 3.35. The summed E-state index contributed by atoms with van der Waals surface area (Å²) < 4.78 is 0. The lowest BCUT2D eigenvalue weighted by Gasteiger charge is -2.19. The Morgan fingerprint density at radius 1 is 1.33 bits per heavy atom. The fourth-order valence-corrected chi connectivity index (χ4v) is 2.24. The van der Waals surface area contributed by atoms with Gasteiger partial charge in [-0.3, -0.25) is 4.79 Å². The van der Waals surface area contributed by atoms with Crippen molar-refractivity contribution in [3.63, 3.8) is 0 Å². The van der Waals surface area contributed by atoms with Gasteiger partial charge >= 0.3 is 5.97 Å². The smallest absolute Gasteiger partial charge is 0.326 e. The lowest BCUT2D eigenvalue weighted by molar-refractivity contribution is -0.142. The third-order valence-corrected chi connectivity index (χ3v) is 3.84. The van der Waals surface area contributed by atoms with E-state index in [-0.39, 0.29) is 5.92 Å². The quantitative estimate of drug-likeness (QED) is 0.783. The first kappa shape index (κ1) is 17.5. The van der Waals surface area contributed by atoms with E-state index in [0.29, 0.717) is 22.0 Å². The van der Waals surface area contributed by atoms with E-state index in [1.807, 2.05) is 6.92 Å². The number of benzene rings is 1. The predicted octanol–water partition coefficient (Wildman–Crippen LogP) is 3.62. The molecule has 0 spiro atoms. The van der Waals surface area contributed by atoms with Crippen molar-refractivity contribution in [2.75, 3.05) is 0 Å². The molecule has 0 aromatic heterocycles. The molecule has 0 saturated heterocycles. The fourth-order valence-electron chi connectivity index (χ4n) is 1.71. The summed E-state index contributed by atoms with van der Waals surface area (Å²) in [5.41, 5.74) is 0.520. The summed E-state index contributed by atoms with van der Waals surface area (Å²) in [6.45, 7) is 3.64. The van der Waals surface area contributed by atoms with Crippen LogP contribution in [-0.2, 0) is 9.59 Å². The molecule has 2 atom stereocenters. The average Bonchev–Trinajstić information content (AvgIpc) is 2.43. The number of halogens is 2. The van der Waals surface area contributed by atoms with Gasteiger partial charge in [0.15, 0.2) is 0 Å². The maximum absolute atomic E-state index is 11.8. The fraction of sp³-hybridized carbons (Fsp3) is 0.333. The van der Waals surface area contributed by atoms with Crippen LogP contribution in [0.3, 0.4) is 0 Å². The van der Waals surface area contributed by atoms with Crippen molar-refractivity contribution in [2.24, 2.45) is 5.92 Å². The van der Waals surface area contributed by atoms with Gasteiger partial charge in [-0.25, -0.2) is 4.79 Å². The van der Waals surface area contributed by atoms with Gasteiger partial charge in [-0.15, -0.1) is 0 Å². The summed E-state index contributed by atoms with van der Waals surface area (Å²) in [5.74, 6) is -1.72. The number of amides is 1. The first-order valence-corrected chi connectivity index (χ1v) is 7.27. The minimum absolute atomic E-state index is 0.163. The molecule has 1 aromatic rings. The second kappa shape index (κ2) is 8.05. The largest absolute Gasteiger partial charge is 0.480 e. The van der Waals surface area contributed by atoms with Gasteiger partial charge < -0.3 is 10.4 Å². The molecule has 1 rings (SSSR count). The van der Waals surface area contributed by atoms with Crippen LogP contribution in [0.25, 0.3) is 6.08 Å². The number of nitrogens with one attached hydrogen (secondary N) is 1. The van der Waals surface area contributed by atoms with Crippen LogP contribution in [0.15, 0.2) is 24.3 Å². The van der Waals surface area contributed by atoms with Crippen molar-refractivity contribution in [2.45, 2.75) is 26.3 Å². The van der Waals surface area contributed by atoms with Crippen LogP contribution >= 0.6 is 23.2 Å². The summed E-state index contributed by atoms with van der Waals surface area (Å²) in [4.78, 5) is 23.0. The Morgan fingerprint density at radius 2 is 1.90 bits per heavy atom. The van der Waals surface area contributed by atoms with Gasteiger partial charge in [-0.05, 0) is 24.1 Å². The monoisotopic (exact) mass is 329 g/mol. The Morgan fingerprint density at radius 3 is 2.38 bits per heavy atom. The van der Waals surface area contributed by atoms with Crippen LogP contribution in [0.1, 0.15) is 25.8 Å². The highest BCUT2D eigenvalue weighted by Crippen LogP contribution is 2.25. The molecule has 2 N–H and O–H groups in total. The molecule has 0 radical (unpaired) electrons. The Labute approximate surface area is 133 Å². The van der Waals surface area contributed by atoms with Crippen LogP contribution in [0.4, 0.5) is 0 Å². The molecule has 0 unspecified atom stereocenters. The Hall–Kier alpha value is -1.52. The highest BCUT2D eigenvalue weighted by Gasteiger charge is 2.24. The van der Waals surface area contributed by atoms with Crippen LogP contribution in [0.2, 0.25) is 10.0 Å². The summed E-state index contributed by atoms with van der Waals surface area (Å²) in [7, 11) is 0. The van der Waals surface area contributed by atoms with E-state index < -0.39 is 17.9 Å². The molecule has 0 aliphatic rings. The molecule has 114 valence electrons. The summed E-state index contributed by atoms with van der Waals surface area (Å²) >= 11 is 12.0. The summed E-state index contributed by atoms with van der Waals surface area (Å²) in [6, 6.07) is 4.09. The zero-order valence-electron chi connectivity index (χ0n) is 11.8. The van der Waals surface area contributed by atoms with E-state index in [2.05, 4.69) is 5.32 Å². The van der Waals surface area contributed by atoms with Crippen molar-refractivity contribution in [3.8, 4) is 0 Å². The maximum atomic E-state index is 11.8. The zero-order valence-corrected chi connectivity index (χ0v) is 13.3. The Kier molecular flexibility index (Phi) is 6.72. The predicted molar refractivity (Wildman–Crippen MR) is 84.5 cm³/mol. The third-order valence-electron chi connectivity index (χ3n) is 3.18. The second-order valence-corrected chi connectivity index (χ2v) is 5.49. The molecular formula is C15H17Cl2NO3. The van der Waals surface area contributed by atoms with Gasteiger partial charge in [0.2, 0.25) is 5.91 Å². The number of hydrogen-bond donors (Lipinski definition) is 2. The molecule has 21 heavy (non-hydrogen) atoms. The number of carboxylic acids is 1. The van der Waals surface area contributed by atoms with Gasteiger partial charge in [0.05, 0.1) is 0 Å². The molecular weight excluding hydrogens is 313 g/mol. The molecule has 0 aliphatic heterocycles. The topological polar surface area (TPSA) is 66.4 Å². The Bertz CT molecular complexity index is 538. The average molecular weight is 330 g/mol. The first-order chi connectivity index (χ1) is 9.86. The Balaban J connectivity index is 2.81. The normalized spacial score (nSPS) is 13.9. The molecule has 4 nitrogen and oxygen atoms in total. The zero-order chi connectivity index (χ0) is 16.0. The van der Waals surface area contributed by atoms with Crippen molar-refractivity contribution in [3.05, 3.63) is 39.9 Å². The van der Waals surface area contributed by atoms with E-state index in [9.17, 15) is 9.59 Å². The standard InChI is InChI=1S/C15H17Cl2NO3/c1-3-9(2)14(15(20)21)18-13(19)8-7-10-11(16)5-4-6-12(10)17/h4-9,14H,3H2,1-2H3,(H,18,19)(H,20,21)/b8-7+/t9-,14-/m0/s1. The van der Waals surface area contributed by atoms with Crippen LogP contribution in [0, 0.1) is 5.92 Å². The van der Waals surface area contributed by atoms with Crippen LogP contribution < -0.4 is 5.32 Å². The molecule has 0 heterocycles. The molecule has 1 amide bonds. The number of hydrogen-bond acceptors (Lipinski definition) is 2.